The van der Waals surface area contributed by atoms with Crippen LogP contribution in [0.4, 0.5) is 5.69 Å². The van der Waals surface area contributed by atoms with Gasteiger partial charge in [0.2, 0.25) is 0 Å². The largest absolute Gasteiger partial charge is 0.491 e. The van der Waals surface area contributed by atoms with E-state index in [0.29, 0.717) is 105 Å². The monoisotopic (exact) mass is 575 g/mol. The van der Waals surface area contributed by atoms with Crippen molar-refractivity contribution in [2.75, 3.05) is 99.1 Å². The minimum atomic E-state index is -0.478. The number of benzene rings is 1. The summed E-state index contributed by atoms with van der Waals surface area (Å²) < 4.78 is 48.5. The lowest BCUT2D eigenvalue weighted by Gasteiger charge is -2.19. The Balaban J connectivity index is 1.72. The van der Waals surface area contributed by atoms with E-state index >= 15 is 0 Å². The van der Waals surface area contributed by atoms with E-state index < -0.39 is 10.5 Å². The van der Waals surface area contributed by atoms with Crippen LogP contribution in [0.25, 0.3) is 0 Å². The number of esters is 1. The fourth-order valence-corrected chi connectivity index (χ4v) is 2.85. The van der Waals surface area contributed by atoms with Gasteiger partial charge in [-0.05, 0) is 32.9 Å². The summed E-state index contributed by atoms with van der Waals surface area (Å²) in [5, 5.41) is 10.6. The summed E-state index contributed by atoms with van der Waals surface area (Å²) in [5.74, 6) is 0.281. The molecule has 0 bridgehead atoms. The smallest absolute Gasteiger partial charge is 0.308 e. The zero-order valence-electron chi connectivity index (χ0n) is 24.0. The van der Waals surface area contributed by atoms with Gasteiger partial charge in [0.25, 0.3) is 5.69 Å². The van der Waals surface area contributed by atoms with Crippen molar-refractivity contribution in [1.29, 1.82) is 0 Å². The summed E-state index contributed by atoms with van der Waals surface area (Å²) in [6.45, 7) is 12.0. The SMILES string of the molecule is CC(C)(C)OC(=O)CCOCCOCCOCCOCCOCCOCCOCCOc1ccc([N+](=O)[O-])cc1. The van der Waals surface area contributed by atoms with E-state index in [1.165, 1.54) is 12.1 Å². The quantitative estimate of drug-likeness (QED) is 0.0693. The van der Waals surface area contributed by atoms with Gasteiger partial charge >= 0.3 is 5.97 Å². The Labute approximate surface area is 236 Å². The summed E-state index contributed by atoms with van der Waals surface area (Å²) in [6.07, 6.45) is 0.225. The maximum atomic E-state index is 11.5. The Morgan fingerprint density at radius 1 is 0.625 bits per heavy atom. The topological polar surface area (TPSA) is 143 Å². The molecule has 0 N–H and O–H groups in total. The van der Waals surface area contributed by atoms with Crippen LogP contribution in [0.15, 0.2) is 24.3 Å². The first-order chi connectivity index (χ1) is 19.3. The van der Waals surface area contributed by atoms with Crippen LogP contribution in [-0.4, -0.2) is 116 Å². The summed E-state index contributed by atoms with van der Waals surface area (Å²) >= 11 is 0. The van der Waals surface area contributed by atoms with Crippen LogP contribution >= 0.6 is 0 Å². The van der Waals surface area contributed by atoms with Crippen molar-refractivity contribution in [3.05, 3.63) is 34.4 Å². The first-order valence-electron chi connectivity index (χ1n) is 13.4. The van der Waals surface area contributed by atoms with Crippen molar-refractivity contribution in [3.63, 3.8) is 0 Å². The molecule has 1 rings (SSSR count). The first-order valence-corrected chi connectivity index (χ1v) is 13.4. The minimum Gasteiger partial charge on any atom is -0.491 e. The van der Waals surface area contributed by atoms with Gasteiger partial charge in [-0.25, -0.2) is 0 Å². The maximum absolute atomic E-state index is 11.5. The van der Waals surface area contributed by atoms with Crippen molar-refractivity contribution >= 4 is 11.7 Å². The van der Waals surface area contributed by atoms with E-state index in [1.807, 2.05) is 20.8 Å². The predicted octanol–water partition coefficient (Wildman–Crippen LogP) is 2.82. The second kappa shape index (κ2) is 23.3. The lowest BCUT2D eigenvalue weighted by atomic mass is 10.2. The highest BCUT2D eigenvalue weighted by Gasteiger charge is 2.15. The number of nitro benzene ring substituents is 1. The van der Waals surface area contributed by atoms with Gasteiger partial charge in [-0.3, -0.25) is 14.9 Å². The van der Waals surface area contributed by atoms with E-state index in [2.05, 4.69) is 0 Å². The van der Waals surface area contributed by atoms with Crippen molar-refractivity contribution in [1.82, 2.24) is 0 Å². The molecule has 13 nitrogen and oxygen atoms in total. The van der Waals surface area contributed by atoms with Crippen molar-refractivity contribution in [2.24, 2.45) is 0 Å². The Bertz CT molecular complexity index is 770. The number of ether oxygens (including phenoxy) is 9. The molecule has 0 radical (unpaired) electrons. The molecule has 0 atom stereocenters. The third kappa shape index (κ3) is 22.4. The van der Waals surface area contributed by atoms with Crippen LogP contribution in [0.2, 0.25) is 0 Å². The first kappa shape index (κ1) is 35.6. The lowest BCUT2D eigenvalue weighted by molar-refractivity contribution is -0.384. The number of rotatable bonds is 26. The molecule has 1 aromatic carbocycles. The zero-order valence-corrected chi connectivity index (χ0v) is 24.0. The highest BCUT2D eigenvalue weighted by Crippen LogP contribution is 2.17. The van der Waals surface area contributed by atoms with E-state index in [4.69, 9.17) is 42.6 Å². The highest BCUT2D eigenvalue weighted by molar-refractivity contribution is 5.69. The average molecular weight is 576 g/mol. The summed E-state index contributed by atoms with van der Waals surface area (Å²) in [6, 6.07) is 5.89. The van der Waals surface area contributed by atoms with Crippen LogP contribution in [0, 0.1) is 10.1 Å². The van der Waals surface area contributed by atoms with Crippen LogP contribution in [0.5, 0.6) is 5.75 Å². The van der Waals surface area contributed by atoms with Crippen molar-refractivity contribution in [3.8, 4) is 5.75 Å². The molecule has 0 unspecified atom stereocenters. The van der Waals surface area contributed by atoms with Gasteiger partial charge in [0, 0.05) is 12.1 Å². The van der Waals surface area contributed by atoms with Gasteiger partial charge in [-0.15, -0.1) is 0 Å². The molecular weight excluding hydrogens is 530 g/mol. The Hall–Kier alpha value is -2.39. The number of hydrogen-bond acceptors (Lipinski definition) is 12. The molecule has 0 aliphatic carbocycles. The fourth-order valence-electron chi connectivity index (χ4n) is 2.85. The standard InChI is InChI=1S/C27H45NO12/c1-27(2,3)40-26(29)8-9-32-10-11-33-12-13-34-14-15-35-16-17-36-18-19-37-20-21-38-22-23-39-25-6-4-24(5-7-25)28(30)31/h4-7H,8-23H2,1-3H3. The summed E-state index contributed by atoms with van der Waals surface area (Å²) in [4.78, 5) is 21.7. The van der Waals surface area contributed by atoms with Crippen LogP contribution in [0.1, 0.15) is 27.2 Å². The van der Waals surface area contributed by atoms with Crippen molar-refractivity contribution < 1.29 is 52.3 Å². The molecular formula is C27H45NO12. The maximum Gasteiger partial charge on any atom is 0.308 e. The Kier molecular flexibility index (Phi) is 20.8. The van der Waals surface area contributed by atoms with E-state index in [-0.39, 0.29) is 18.1 Å². The predicted molar refractivity (Wildman–Crippen MR) is 145 cm³/mol. The van der Waals surface area contributed by atoms with Crippen LogP contribution < -0.4 is 4.74 Å². The van der Waals surface area contributed by atoms with Gasteiger partial charge in [-0.1, -0.05) is 0 Å². The average Bonchev–Trinajstić information content (AvgIpc) is 2.90. The van der Waals surface area contributed by atoms with Gasteiger partial charge in [-0.2, -0.15) is 0 Å². The van der Waals surface area contributed by atoms with Gasteiger partial charge in [0.1, 0.15) is 18.0 Å². The number of hydrogen-bond donors (Lipinski definition) is 0. The molecule has 230 valence electrons. The Morgan fingerprint density at radius 3 is 1.32 bits per heavy atom. The minimum absolute atomic E-state index is 0.0233. The molecule has 0 amide bonds. The molecule has 40 heavy (non-hydrogen) atoms. The normalized spacial score (nSPS) is 11.5. The molecule has 0 heterocycles. The number of carbonyl (C=O) groups excluding carboxylic acids is 1. The third-order valence-corrected chi connectivity index (χ3v) is 4.65. The van der Waals surface area contributed by atoms with Gasteiger partial charge in [0.05, 0.1) is 104 Å². The number of carbonyl (C=O) groups is 1. The molecule has 0 aromatic heterocycles. The molecule has 0 aliphatic heterocycles. The zero-order chi connectivity index (χ0) is 29.3. The molecule has 0 fully saturated rings. The molecule has 0 saturated heterocycles. The Morgan fingerprint density at radius 2 is 0.975 bits per heavy atom. The van der Waals surface area contributed by atoms with Crippen LogP contribution in [0.3, 0.4) is 0 Å². The summed E-state index contributed by atoms with van der Waals surface area (Å²) in [7, 11) is 0. The number of non-ortho nitro benzene ring substituents is 1. The number of nitro groups is 1. The second-order valence-corrected chi connectivity index (χ2v) is 9.22. The second-order valence-electron chi connectivity index (χ2n) is 9.22. The molecule has 13 heteroatoms. The lowest BCUT2D eigenvalue weighted by Crippen LogP contribution is -2.24. The third-order valence-electron chi connectivity index (χ3n) is 4.65. The highest BCUT2D eigenvalue weighted by atomic mass is 16.6. The van der Waals surface area contributed by atoms with Crippen molar-refractivity contribution in [2.45, 2.75) is 32.8 Å². The van der Waals surface area contributed by atoms with E-state index in [9.17, 15) is 14.9 Å². The summed E-state index contributed by atoms with van der Waals surface area (Å²) in [5.41, 5.74) is -0.455. The van der Waals surface area contributed by atoms with E-state index in [0.717, 1.165) is 0 Å². The number of nitrogens with zero attached hydrogens (tertiary/aromatic N) is 1. The van der Waals surface area contributed by atoms with Gasteiger partial charge in [0.15, 0.2) is 0 Å². The van der Waals surface area contributed by atoms with Gasteiger partial charge < -0.3 is 42.6 Å². The molecule has 0 aliphatic rings. The molecule has 0 spiro atoms. The molecule has 0 saturated carbocycles. The molecule has 1 aromatic rings. The van der Waals surface area contributed by atoms with Crippen LogP contribution in [-0.2, 0) is 42.7 Å². The van der Waals surface area contributed by atoms with E-state index in [1.54, 1.807) is 12.1 Å². The fraction of sp³-hybridized carbons (Fsp3) is 0.741.